The van der Waals surface area contributed by atoms with Crippen molar-refractivity contribution >= 4 is 52.4 Å². The highest BCUT2D eigenvalue weighted by molar-refractivity contribution is 8.25. The summed E-state index contributed by atoms with van der Waals surface area (Å²) in [6.45, 7) is 0. The molecule has 1 heterocycles. The maximum atomic E-state index is 10.9. The lowest BCUT2D eigenvalue weighted by Crippen LogP contribution is -2.20. The second-order valence-corrected chi connectivity index (χ2v) is 5.97. The molecule has 15 heavy (non-hydrogen) atoms. The first kappa shape index (κ1) is 13.0. The Labute approximate surface area is 105 Å². The Hall–Kier alpha value is -0.110. The van der Waals surface area contributed by atoms with Crippen LogP contribution in [0.1, 0.15) is 0 Å². The Morgan fingerprint density at radius 2 is 2.07 bits per heavy atom. The van der Waals surface area contributed by atoms with E-state index in [1.54, 1.807) is 0 Å². The number of hydrogen-bond donors (Lipinski definition) is 1. The van der Waals surface area contributed by atoms with Crippen LogP contribution in [0.25, 0.3) is 0 Å². The molecular weight excluding hydrogens is 281 g/mol. The van der Waals surface area contributed by atoms with E-state index < -0.39 is 9.76 Å². The lowest BCUT2D eigenvalue weighted by Gasteiger charge is -2.04. The van der Waals surface area contributed by atoms with E-state index in [9.17, 15) is 10.1 Å². The first-order chi connectivity index (χ1) is 7.07. The number of rotatable bonds is 3. The van der Waals surface area contributed by atoms with Gasteiger partial charge in [0.25, 0.3) is 0 Å². The summed E-state index contributed by atoms with van der Waals surface area (Å²) < 4.78 is 0.565. The molecule has 0 amide bonds. The molecular formula is C6H7Cl2N3O2S2. The second kappa shape index (κ2) is 5.83. The molecule has 9 heteroatoms. The maximum absolute atomic E-state index is 10.9. The Morgan fingerprint density at radius 1 is 1.53 bits per heavy atom. The predicted molar refractivity (Wildman–Crippen MR) is 66.1 cm³/mol. The largest absolute Gasteiger partial charge is 0.323 e. The van der Waals surface area contributed by atoms with Crippen molar-refractivity contribution in [1.29, 1.82) is 0 Å². The van der Waals surface area contributed by atoms with E-state index in [4.69, 9.17) is 29.0 Å². The number of nitrogens with two attached hydrogens (primary N) is 1. The average Bonchev–Trinajstić information content (AvgIpc) is 2.64. The van der Waals surface area contributed by atoms with Gasteiger partial charge in [0.2, 0.25) is 0 Å². The molecule has 1 aliphatic heterocycles. The molecule has 2 N–H and O–H groups in total. The number of nitro groups is 1. The first-order valence-electron chi connectivity index (χ1n) is 3.78. The lowest BCUT2D eigenvalue weighted by atomic mass is 10.3. The molecule has 0 spiro atoms. The van der Waals surface area contributed by atoms with Crippen LogP contribution in [-0.2, 0) is 0 Å². The van der Waals surface area contributed by atoms with E-state index >= 15 is 0 Å². The molecule has 0 aliphatic carbocycles. The van der Waals surface area contributed by atoms with Crippen LogP contribution >= 0.6 is 46.7 Å². The topological polar surface area (TPSA) is 81.5 Å². The van der Waals surface area contributed by atoms with Crippen molar-refractivity contribution < 1.29 is 4.92 Å². The zero-order valence-corrected chi connectivity index (χ0v) is 10.5. The van der Waals surface area contributed by atoms with Crippen LogP contribution in [0, 0.1) is 10.1 Å². The number of halogens is 2. The highest BCUT2D eigenvalue weighted by atomic mass is 35.5. The number of thioether (sulfide) groups is 2. The Morgan fingerprint density at radius 3 is 2.40 bits per heavy atom. The van der Waals surface area contributed by atoms with Crippen LogP contribution < -0.4 is 5.84 Å². The van der Waals surface area contributed by atoms with E-state index in [0.29, 0.717) is 4.24 Å². The normalized spacial score (nSPS) is 17.3. The van der Waals surface area contributed by atoms with Crippen molar-refractivity contribution in [3.05, 3.63) is 20.0 Å². The summed E-state index contributed by atoms with van der Waals surface area (Å²) in [6.07, 6.45) is 0. The molecule has 0 bridgehead atoms. The summed E-state index contributed by atoms with van der Waals surface area (Å²) >= 11 is 13.9. The van der Waals surface area contributed by atoms with Gasteiger partial charge < -0.3 is 5.84 Å². The van der Waals surface area contributed by atoms with Gasteiger partial charge in [-0.25, -0.2) is 0 Å². The fourth-order valence-electron chi connectivity index (χ4n) is 0.941. The number of hydrogen-bond acceptors (Lipinski definition) is 6. The molecule has 0 aromatic carbocycles. The molecule has 0 aromatic rings. The SMILES string of the molecule is N/N=C(\C(=C1SCCS1)[N+](=O)[O-])C(Cl)Cl. The zero-order chi connectivity index (χ0) is 11.4. The standard InChI is InChI=1S/C6H7Cl2N3O2S2/c7-5(8)3(10-9)4(11(12)13)6-14-1-2-15-6/h5H,1-2,9H2/b10-3+. The number of allylic oxidation sites excluding steroid dienone is 1. The monoisotopic (exact) mass is 287 g/mol. The van der Waals surface area contributed by atoms with Crippen LogP contribution in [0.15, 0.2) is 15.0 Å². The zero-order valence-electron chi connectivity index (χ0n) is 7.35. The molecule has 0 atom stereocenters. The molecule has 0 aromatic heterocycles. The van der Waals surface area contributed by atoms with Gasteiger partial charge in [-0.15, -0.1) is 23.5 Å². The van der Waals surface area contributed by atoms with Crippen molar-refractivity contribution in [2.45, 2.75) is 4.84 Å². The van der Waals surface area contributed by atoms with E-state index in [-0.39, 0.29) is 11.4 Å². The van der Waals surface area contributed by atoms with Gasteiger partial charge in [0.05, 0.1) is 4.92 Å². The fourth-order valence-corrected chi connectivity index (χ4v) is 3.76. The van der Waals surface area contributed by atoms with Crippen LogP contribution in [0.4, 0.5) is 0 Å². The van der Waals surface area contributed by atoms with E-state index in [1.807, 2.05) is 0 Å². The quantitative estimate of drug-likeness (QED) is 0.282. The lowest BCUT2D eigenvalue weighted by molar-refractivity contribution is -0.415. The van der Waals surface area contributed by atoms with Crippen LogP contribution in [0.3, 0.4) is 0 Å². The molecule has 0 saturated carbocycles. The van der Waals surface area contributed by atoms with Gasteiger partial charge in [0.1, 0.15) is 4.24 Å². The smallest absolute Gasteiger partial charge is 0.315 e. The molecule has 1 aliphatic rings. The predicted octanol–water partition coefficient (Wildman–Crippen LogP) is 2.03. The van der Waals surface area contributed by atoms with Crippen molar-refractivity contribution in [1.82, 2.24) is 0 Å². The van der Waals surface area contributed by atoms with Gasteiger partial charge in [-0.05, 0) is 0 Å². The summed E-state index contributed by atoms with van der Waals surface area (Å²) in [5.41, 5.74) is -0.278. The van der Waals surface area contributed by atoms with Gasteiger partial charge in [-0.3, -0.25) is 10.1 Å². The summed E-state index contributed by atoms with van der Waals surface area (Å²) in [4.78, 5) is 9.21. The van der Waals surface area contributed by atoms with E-state index in [2.05, 4.69) is 5.10 Å². The number of alkyl halides is 2. The van der Waals surface area contributed by atoms with Gasteiger partial charge in [0.15, 0.2) is 10.5 Å². The van der Waals surface area contributed by atoms with Crippen molar-refractivity contribution in [3.8, 4) is 0 Å². The maximum Gasteiger partial charge on any atom is 0.315 e. The summed E-state index contributed by atoms with van der Waals surface area (Å²) in [6, 6.07) is 0. The van der Waals surface area contributed by atoms with Gasteiger partial charge in [-0.2, -0.15) is 5.10 Å². The van der Waals surface area contributed by atoms with Gasteiger partial charge in [0, 0.05) is 11.5 Å². The number of hydrazone groups is 1. The molecule has 1 fully saturated rings. The summed E-state index contributed by atoms with van der Waals surface area (Å²) in [5, 5.41) is 14.1. The minimum atomic E-state index is -1.09. The highest BCUT2D eigenvalue weighted by Gasteiger charge is 2.32. The molecule has 84 valence electrons. The van der Waals surface area contributed by atoms with E-state index in [0.717, 1.165) is 11.5 Å². The van der Waals surface area contributed by atoms with E-state index in [1.165, 1.54) is 23.5 Å². The van der Waals surface area contributed by atoms with Crippen LogP contribution in [-0.4, -0.2) is 27.0 Å². The molecule has 1 saturated heterocycles. The third kappa shape index (κ3) is 3.17. The third-order valence-corrected chi connectivity index (χ3v) is 4.62. The van der Waals surface area contributed by atoms with Crippen LogP contribution in [0.5, 0.6) is 0 Å². The summed E-state index contributed by atoms with van der Waals surface area (Å²) in [5.74, 6) is 6.69. The van der Waals surface area contributed by atoms with Crippen molar-refractivity contribution in [2.24, 2.45) is 10.9 Å². The van der Waals surface area contributed by atoms with Crippen molar-refractivity contribution in [3.63, 3.8) is 0 Å². The first-order valence-corrected chi connectivity index (χ1v) is 6.63. The van der Waals surface area contributed by atoms with Crippen molar-refractivity contribution in [2.75, 3.05) is 11.5 Å². The van der Waals surface area contributed by atoms with Crippen LogP contribution in [0.2, 0.25) is 0 Å². The molecule has 1 rings (SSSR count). The second-order valence-electron chi connectivity index (χ2n) is 2.41. The number of nitrogens with zero attached hydrogens (tertiary/aromatic N) is 2. The average molecular weight is 288 g/mol. The molecule has 0 radical (unpaired) electrons. The summed E-state index contributed by atoms with van der Waals surface area (Å²) in [7, 11) is 0. The minimum absolute atomic E-state index is 0.0970. The fraction of sp³-hybridized carbons (Fsp3) is 0.500. The third-order valence-electron chi connectivity index (χ3n) is 1.51. The van der Waals surface area contributed by atoms with Gasteiger partial charge >= 0.3 is 5.70 Å². The Balaban J connectivity index is 3.12. The minimum Gasteiger partial charge on any atom is -0.323 e. The molecule has 0 unspecified atom stereocenters. The Kier molecular flexibility index (Phi) is 5.04. The van der Waals surface area contributed by atoms with Gasteiger partial charge in [-0.1, -0.05) is 23.2 Å². The highest BCUT2D eigenvalue weighted by Crippen LogP contribution is 2.39. The Bertz CT molecular complexity index is 324. The molecule has 5 nitrogen and oxygen atoms in total.